The number of nitrogens with zero attached hydrogens (tertiary/aromatic N) is 2. The maximum Gasteiger partial charge on any atom is 0.325 e. The van der Waals surface area contributed by atoms with Gasteiger partial charge >= 0.3 is 12.0 Å². The fraction of sp³-hybridized carbons (Fsp3) is 0.333. The summed E-state index contributed by atoms with van der Waals surface area (Å²) in [4.78, 5) is 53.5. The van der Waals surface area contributed by atoms with Crippen LogP contribution in [0.15, 0.2) is 64.0 Å². The lowest BCUT2D eigenvalue weighted by atomic mass is 10.1. The van der Waals surface area contributed by atoms with Gasteiger partial charge in [-0.3, -0.25) is 14.4 Å². The summed E-state index contributed by atoms with van der Waals surface area (Å²) >= 11 is 0. The number of benzene rings is 2. The molecule has 0 bridgehead atoms. The van der Waals surface area contributed by atoms with Crippen LogP contribution in [0.25, 0.3) is 11.0 Å². The van der Waals surface area contributed by atoms with Crippen LogP contribution in [0.3, 0.4) is 0 Å². The van der Waals surface area contributed by atoms with Crippen LogP contribution in [0.5, 0.6) is 0 Å². The molecule has 0 saturated carbocycles. The maximum atomic E-state index is 13.5. The van der Waals surface area contributed by atoms with E-state index in [0.717, 1.165) is 0 Å². The van der Waals surface area contributed by atoms with E-state index in [0.29, 0.717) is 16.5 Å². The van der Waals surface area contributed by atoms with Crippen molar-refractivity contribution in [2.24, 2.45) is 0 Å². The van der Waals surface area contributed by atoms with Crippen LogP contribution in [0.2, 0.25) is 0 Å². The Balaban J connectivity index is 1.84. The molecular formula is C27H30FN3O7. The van der Waals surface area contributed by atoms with Crippen LogP contribution >= 0.6 is 0 Å². The third-order valence-electron chi connectivity index (χ3n) is 5.62. The van der Waals surface area contributed by atoms with Crippen molar-refractivity contribution in [3.8, 4) is 0 Å². The van der Waals surface area contributed by atoms with E-state index >= 15 is 0 Å². The Hall–Kier alpha value is -4.25. The highest BCUT2D eigenvalue weighted by atomic mass is 19.1. The van der Waals surface area contributed by atoms with Crippen LogP contribution in [0, 0.1) is 5.82 Å². The molecule has 1 N–H and O–H groups in total. The van der Waals surface area contributed by atoms with Crippen LogP contribution in [0.4, 0.5) is 9.18 Å². The molecule has 202 valence electrons. The summed E-state index contributed by atoms with van der Waals surface area (Å²) in [6.45, 7) is 1.25. The standard InChI is InChI=1S/C27H30FN3O7/c1-3-37-25(33)14-29-27(35)30(12-13-36-2)17-24(32)31(15-19-8-10-21(28)11-9-19)16-20-18-38-23-7-5-4-6-22(23)26(20)34/h4-11,18H,3,12-17H2,1-2H3,(H,29,35). The monoisotopic (exact) mass is 527 g/mol. The molecule has 0 radical (unpaired) electrons. The Kier molecular flexibility index (Phi) is 10.4. The van der Waals surface area contributed by atoms with Crippen LogP contribution < -0.4 is 10.7 Å². The van der Waals surface area contributed by atoms with Crippen LogP contribution in [-0.4, -0.2) is 67.7 Å². The molecule has 0 spiro atoms. The number of amides is 3. The van der Waals surface area contributed by atoms with Crippen molar-refractivity contribution in [3.05, 3.63) is 82.0 Å². The highest BCUT2D eigenvalue weighted by Crippen LogP contribution is 2.14. The van der Waals surface area contributed by atoms with Crippen molar-refractivity contribution in [3.63, 3.8) is 0 Å². The zero-order valence-electron chi connectivity index (χ0n) is 21.3. The van der Waals surface area contributed by atoms with Gasteiger partial charge in [-0.2, -0.15) is 0 Å². The van der Waals surface area contributed by atoms with Crippen molar-refractivity contribution >= 4 is 28.9 Å². The first kappa shape index (κ1) is 28.3. The van der Waals surface area contributed by atoms with Gasteiger partial charge in [0.1, 0.15) is 24.5 Å². The highest BCUT2D eigenvalue weighted by Gasteiger charge is 2.23. The van der Waals surface area contributed by atoms with E-state index < -0.39 is 23.7 Å². The minimum atomic E-state index is -0.657. The third-order valence-corrected chi connectivity index (χ3v) is 5.62. The summed E-state index contributed by atoms with van der Waals surface area (Å²) in [5, 5.41) is 2.81. The number of esters is 1. The number of hydrogen-bond acceptors (Lipinski definition) is 7. The number of rotatable bonds is 12. The molecule has 0 saturated heterocycles. The van der Waals surface area contributed by atoms with Gasteiger partial charge < -0.3 is 29.0 Å². The van der Waals surface area contributed by atoms with Gasteiger partial charge in [0.25, 0.3) is 0 Å². The van der Waals surface area contributed by atoms with Gasteiger partial charge in [-0.1, -0.05) is 24.3 Å². The van der Waals surface area contributed by atoms with Gasteiger partial charge in [0.05, 0.1) is 37.0 Å². The average molecular weight is 528 g/mol. The van der Waals surface area contributed by atoms with Gasteiger partial charge in [0, 0.05) is 20.2 Å². The van der Waals surface area contributed by atoms with Crippen molar-refractivity contribution in [1.82, 2.24) is 15.1 Å². The number of fused-ring (bicyclic) bond motifs is 1. The minimum absolute atomic E-state index is 0.0495. The molecule has 0 atom stereocenters. The molecule has 1 heterocycles. The second-order valence-corrected chi connectivity index (χ2v) is 8.34. The number of ether oxygens (including phenoxy) is 2. The molecular weight excluding hydrogens is 497 g/mol. The number of carbonyl (C=O) groups is 3. The van der Waals surface area contributed by atoms with Gasteiger partial charge in [-0.05, 0) is 36.8 Å². The normalized spacial score (nSPS) is 10.7. The quantitative estimate of drug-likeness (QED) is 0.360. The van der Waals surface area contributed by atoms with E-state index in [1.54, 1.807) is 31.2 Å². The lowest BCUT2D eigenvalue weighted by Gasteiger charge is -2.27. The van der Waals surface area contributed by atoms with E-state index in [2.05, 4.69) is 5.32 Å². The molecule has 1 aromatic heterocycles. The molecule has 10 nitrogen and oxygen atoms in total. The number of halogens is 1. The second-order valence-electron chi connectivity index (χ2n) is 8.34. The molecule has 3 amide bonds. The lowest BCUT2D eigenvalue weighted by molar-refractivity contribution is -0.141. The topological polar surface area (TPSA) is 118 Å². The molecule has 0 aliphatic heterocycles. The van der Waals surface area contributed by atoms with E-state index in [-0.39, 0.29) is 56.9 Å². The van der Waals surface area contributed by atoms with E-state index in [9.17, 15) is 23.6 Å². The number of carbonyl (C=O) groups excluding carboxylic acids is 3. The lowest BCUT2D eigenvalue weighted by Crippen LogP contribution is -2.48. The number of para-hydroxylation sites is 1. The zero-order chi connectivity index (χ0) is 27.5. The van der Waals surface area contributed by atoms with Crippen molar-refractivity contribution < 1.29 is 32.7 Å². The second kappa shape index (κ2) is 13.9. The number of methoxy groups -OCH3 is 1. The molecule has 0 aliphatic carbocycles. The van der Waals surface area contributed by atoms with Crippen molar-refractivity contribution in [2.45, 2.75) is 20.0 Å². The van der Waals surface area contributed by atoms with Gasteiger partial charge in [-0.25, -0.2) is 9.18 Å². The Morgan fingerprint density at radius 1 is 1.03 bits per heavy atom. The zero-order valence-corrected chi connectivity index (χ0v) is 21.3. The maximum absolute atomic E-state index is 13.5. The minimum Gasteiger partial charge on any atom is -0.465 e. The summed E-state index contributed by atoms with van der Waals surface area (Å²) < 4.78 is 28.9. The summed E-state index contributed by atoms with van der Waals surface area (Å²) in [6.07, 6.45) is 1.31. The predicted octanol–water partition coefficient (Wildman–Crippen LogP) is 2.68. The van der Waals surface area contributed by atoms with Gasteiger partial charge in [-0.15, -0.1) is 0 Å². The third kappa shape index (κ3) is 7.87. The molecule has 3 aromatic rings. The van der Waals surface area contributed by atoms with E-state index in [1.165, 1.54) is 47.4 Å². The summed E-state index contributed by atoms with van der Waals surface area (Å²) in [5.41, 5.74) is 1.00. The largest absolute Gasteiger partial charge is 0.465 e. The molecule has 0 aliphatic rings. The fourth-order valence-corrected chi connectivity index (χ4v) is 3.66. The van der Waals surface area contributed by atoms with Crippen molar-refractivity contribution in [1.29, 1.82) is 0 Å². The predicted molar refractivity (Wildman–Crippen MR) is 137 cm³/mol. The summed E-state index contributed by atoms with van der Waals surface area (Å²) in [7, 11) is 1.45. The average Bonchev–Trinajstić information content (AvgIpc) is 2.92. The van der Waals surface area contributed by atoms with Crippen LogP contribution in [-0.2, 0) is 32.2 Å². The van der Waals surface area contributed by atoms with E-state index in [4.69, 9.17) is 13.9 Å². The molecule has 3 rings (SSSR count). The highest BCUT2D eigenvalue weighted by molar-refractivity contribution is 5.86. The number of urea groups is 1. The summed E-state index contributed by atoms with van der Waals surface area (Å²) in [6, 6.07) is 11.7. The molecule has 11 heteroatoms. The first-order valence-corrected chi connectivity index (χ1v) is 12.0. The Labute approximate surface area is 218 Å². The smallest absolute Gasteiger partial charge is 0.325 e. The summed E-state index contributed by atoms with van der Waals surface area (Å²) in [5.74, 6) is -1.52. The van der Waals surface area contributed by atoms with Gasteiger partial charge in [0.15, 0.2) is 5.43 Å². The van der Waals surface area contributed by atoms with Crippen LogP contribution in [0.1, 0.15) is 18.1 Å². The molecule has 0 fully saturated rings. The van der Waals surface area contributed by atoms with E-state index in [1.807, 2.05) is 0 Å². The first-order valence-electron chi connectivity index (χ1n) is 12.0. The first-order chi connectivity index (χ1) is 18.3. The fourth-order valence-electron chi connectivity index (χ4n) is 3.66. The Morgan fingerprint density at radius 3 is 2.47 bits per heavy atom. The molecule has 2 aromatic carbocycles. The number of nitrogens with one attached hydrogen (secondary N) is 1. The SMILES string of the molecule is CCOC(=O)CNC(=O)N(CCOC)CC(=O)N(Cc1ccc(F)cc1)Cc1coc2ccccc2c1=O. The van der Waals surface area contributed by atoms with Crippen molar-refractivity contribution in [2.75, 3.05) is 40.0 Å². The number of hydrogen-bond donors (Lipinski definition) is 1. The van der Waals surface area contributed by atoms with Gasteiger partial charge in [0.2, 0.25) is 5.91 Å². The molecule has 0 unspecified atom stereocenters. The Bertz CT molecular complexity index is 1310. The Morgan fingerprint density at radius 2 is 1.76 bits per heavy atom. The molecule has 38 heavy (non-hydrogen) atoms.